The number of amides is 2. The smallest absolute Gasteiger partial charge is 0.273 e. The highest BCUT2D eigenvalue weighted by atomic mass is 16.2. The molecule has 4 rings (SSSR count). The Kier molecular flexibility index (Phi) is 6.40. The first-order valence-corrected chi connectivity index (χ1v) is 10.4. The zero-order valence-corrected chi connectivity index (χ0v) is 18.0. The number of nitrogens with zero attached hydrogens (tertiary/aromatic N) is 2. The molecule has 0 unspecified atom stereocenters. The van der Waals surface area contributed by atoms with Crippen LogP contribution in [-0.4, -0.2) is 28.8 Å². The fourth-order valence-corrected chi connectivity index (χ4v) is 3.58. The van der Waals surface area contributed by atoms with Crippen molar-refractivity contribution in [2.24, 2.45) is 0 Å². The Morgan fingerprint density at radius 1 is 0.879 bits per heavy atom. The van der Waals surface area contributed by atoms with Crippen molar-refractivity contribution in [3.05, 3.63) is 108 Å². The van der Waals surface area contributed by atoms with Gasteiger partial charge in [0.25, 0.3) is 5.91 Å². The lowest BCUT2D eigenvalue weighted by molar-refractivity contribution is -0.116. The summed E-state index contributed by atoms with van der Waals surface area (Å²) in [4.78, 5) is 33.8. The third-order valence-corrected chi connectivity index (χ3v) is 5.20. The second-order valence-corrected chi connectivity index (χ2v) is 7.39. The summed E-state index contributed by atoms with van der Waals surface area (Å²) in [6, 6.07) is 26.5. The fourth-order valence-electron chi connectivity index (χ4n) is 3.58. The van der Waals surface area contributed by atoms with E-state index in [2.05, 4.69) is 20.6 Å². The van der Waals surface area contributed by atoms with Gasteiger partial charge in [-0.3, -0.25) is 9.59 Å². The van der Waals surface area contributed by atoms with Crippen LogP contribution in [0.1, 0.15) is 27.5 Å². The standard InChI is InChI=1S/C26H23N5O2/c1-28-26(33)23-24(27)29-16-21(31-23)19-13-8-14-20(15-19)30-25(32)22(17-9-4-2-5-10-17)18-11-6-3-7-12-18/h2-16,22H,1H3,(H2,27,29)(H,28,33)(H,30,32). The van der Waals surface area contributed by atoms with Crippen molar-refractivity contribution in [1.82, 2.24) is 15.3 Å². The van der Waals surface area contributed by atoms with Gasteiger partial charge in [-0.15, -0.1) is 0 Å². The Hall–Kier alpha value is -4.52. The maximum Gasteiger partial charge on any atom is 0.273 e. The monoisotopic (exact) mass is 437 g/mol. The van der Waals surface area contributed by atoms with Crippen molar-refractivity contribution in [1.29, 1.82) is 0 Å². The summed E-state index contributed by atoms with van der Waals surface area (Å²) in [6.07, 6.45) is 1.50. The van der Waals surface area contributed by atoms with Gasteiger partial charge in [-0.25, -0.2) is 9.97 Å². The Morgan fingerprint density at radius 2 is 1.52 bits per heavy atom. The molecular weight excluding hydrogens is 414 g/mol. The van der Waals surface area contributed by atoms with Crippen molar-refractivity contribution in [3.8, 4) is 11.3 Å². The van der Waals surface area contributed by atoms with Gasteiger partial charge in [0.2, 0.25) is 5.91 Å². The maximum absolute atomic E-state index is 13.4. The number of hydrogen-bond donors (Lipinski definition) is 3. The molecule has 7 heteroatoms. The van der Waals surface area contributed by atoms with E-state index in [1.165, 1.54) is 13.2 Å². The first-order chi connectivity index (χ1) is 16.1. The zero-order chi connectivity index (χ0) is 23.2. The molecule has 0 atom stereocenters. The van der Waals surface area contributed by atoms with Gasteiger partial charge in [-0.2, -0.15) is 0 Å². The van der Waals surface area contributed by atoms with E-state index in [1.807, 2.05) is 72.8 Å². The lowest BCUT2D eigenvalue weighted by Gasteiger charge is -2.18. The molecule has 164 valence electrons. The van der Waals surface area contributed by atoms with Crippen LogP contribution in [0.25, 0.3) is 11.3 Å². The molecule has 0 aliphatic rings. The minimum absolute atomic E-state index is 0.0520. The highest BCUT2D eigenvalue weighted by Crippen LogP contribution is 2.28. The molecule has 33 heavy (non-hydrogen) atoms. The number of hydrogen-bond acceptors (Lipinski definition) is 5. The lowest BCUT2D eigenvalue weighted by Crippen LogP contribution is -2.22. The minimum atomic E-state index is -0.466. The average Bonchev–Trinajstić information content (AvgIpc) is 2.85. The van der Waals surface area contributed by atoms with Crippen LogP contribution < -0.4 is 16.4 Å². The van der Waals surface area contributed by atoms with Crippen LogP contribution in [-0.2, 0) is 4.79 Å². The third kappa shape index (κ3) is 4.88. The van der Waals surface area contributed by atoms with Gasteiger partial charge >= 0.3 is 0 Å². The summed E-state index contributed by atoms with van der Waals surface area (Å²) >= 11 is 0. The molecule has 0 radical (unpaired) electrons. The summed E-state index contributed by atoms with van der Waals surface area (Å²) < 4.78 is 0. The largest absolute Gasteiger partial charge is 0.382 e. The average molecular weight is 438 g/mol. The van der Waals surface area contributed by atoms with Crippen molar-refractivity contribution in [3.63, 3.8) is 0 Å². The van der Waals surface area contributed by atoms with Crippen molar-refractivity contribution in [2.45, 2.75) is 5.92 Å². The van der Waals surface area contributed by atoms with E-state index in [4.69, 9.17) is 5.73 Å². The maximum atomic E-state index is 13.4. The van der Waals surface area contributed by atoms with Crippen LogP contribution in [0.3, 0.4) is 0 Å². The van der Waals surface area contributed by atoms with Crippen LogP contribution >= 0.6 is 0 Å². The van der Waals surface area contributed by atoms with Gasteiger partial charge in [0.1, 0.15) is 0 Å². The van der Waals surface area contributed by atoms with Gasteiger partial charge < -0.3 is 16.4 Å². The molecule has 0 fully saturated rings. The minimum Gasteiger partial charge on any atom is -0.382 e. The summed E-state index contributed by atoms with van der Waals surface area (Å²) in [7, 11) is 1.50. The number of nitrogens with one attached hydrogen (secondary N) is 2. The molecule has 4 N–H and O–H groups in total. The van der Waals surface area contributed by atoms with Crippen LogP contribution in [0, 0.1) is 0 Å². The van der Waals surface area contributed by atoms with Crippen LogP contribution in [0.4, 0.5) is 11.5 Å². The highest BCUT2D eigenvalue weighted by molar-refractivity contribution is 5.99. The van der Waals surface area contributed by atoms with Gasteiger partial charge in [0, 0.05) is 18.3 Å². The first kappa shape index (κ1) is 21.7. The van der Waals surface area contributed by atoms with Gasteiger partial charge in [-0.05, 0) is 23.3 Å². The molecule has 7 nitrogen and oxygen atoms in total. The molecule has 3 aromatic carbocycles. The molecule has 0 saturated heterocycles. The van der Waals surface area contributed by atoms with E-state index < -0.39 is 11.8 Å². The number of anilines is 2. The topological polar surface area (TPSA) is 110 Å². The fraction of sp³-hybridized carbons (Fsp3) is 0.0769. The Balaban J connectivity index is 1.64. The van der Waals surface area contributed by atoms with Crippen molar-refractivity contribution >= 4 is 23.3 Å². The highest BCUT2D eigenvalue weighted by Gasteiger charge is 2.23. The van der Waals surface area contributed by atoms with Crippen molar-refractivity contribution in [2.75, 3.05) is 18.1 Å². The Morgan fingerprint density at radius 3 is 2.12 bits per heavy atom. The number of aromatic nitrogens is 2. The van der Waals surface area contributed by atoms with Gasteiger partial charge in [0.05, 0.1) is 17.8 Å². The Bertz CT molecular complexity index is 1240. The van der Waals surface area contributed by atoms with Crippen molar-refractivity contribution < 1.29 is 9.59 Å². The van der Waals surface area contributed by atoms with E-state index in [1.54, 1.807) is 12.1 Å². The molecule has 0 bridgehead atoms. The summed E-state index contributed by atoms with van der Waals surface area (Å²) in [5.74, 6) is -0.984. The van der Waals surface area contributed by atoms with E-state index in [9.17, 15) is 9.59 Å². The lowest BCUT2D eigenvalue weighted by atomic mass is 9.90. The second kappa shape index (κ2) is 9.74. The molecule has 0 aliphatic carbocycles. The van der Waals surface area contributed by atoms with Gasteiger partial charge in [0.15, 0.2) is 11.5 Å². The molecule has 0 spiro atoms. The number of carbonyl (C=O) groups excluding carboxylic acids is 2. The zero-order valence-electron chi connectivity index (χ0n) is 18.0. The van der Waals surface area contributed by atoms with Crippen LogP contribution in [0.2, 0.25) is 0 Å². The van der Waals surface area contributed by atoms with Gasteiger partial charge in [-0.1, -0.05) is 72.8 Å². The Labute approximate surface area is 191 Å². The summed E-state index contributed by atoms with van der Waals surface area (Å²) in [5, 5.41) is 5.52. The predicted octanol–water partition coefficient (Wildman–Crippen LogP) is 3.86. The molecule has 4 aromatic rings. The van der Waals surface area contributed by atoms with E-state index in [0.29, 0.717) is 16.9 Å². The molecule has 0 aliphatic heterocycles. The number of nitrogen functional groups attached to an aromatic ring is 1. The third-order valence-electron chi connectivity index (χ3n) is 5.20. The SMILES string of the molecule is CNC(=O)c1nc(-c2cccc(NC(=O)C(c3ccccc3)c3ccccc3)c2)cnc1N. The van der Waals surface area contributed by atoms with E-state index >= 15 is 0 Å². The predicted molar refractivity (Wildman–Crippen MR) is 129 cm³/mol. The van der Waals surface area contributed by atoms with E-state index in [0.717, 1.165) is 11.1 Å². The number of benzene rings is 3. The first-order valence-electron chi connectivity index (χ1n) is 10.4. The molecule has 2 amide bonds. The molecule has 1 aromatic heterocycles. The van der Waals surface area contributed by atoms with Crippen LogP contribution in [0.15, 0.2) is 91.1 Å². The molecule has 0 saturated carbocycles. The quantitative estimate of drug-likeness (QED) is 0.424. The normalized spacial score (nSPS) is 10.6. The van der Waals surface area contributed by atoms with E-state index in [-0.39, 0.29) is 17.4 Å². The summed E-state index contributed by atoms with van der Waals surface area (Å²) in [6.45, 7) is 0. The summed E-state index contributed by atoms with van der Waals surface area (Å²) in [5.41, 5.74) is 9.42. The molecule has 1 heterocycles. The number of carbonyl (C=O) groups is 2. The van der Waals surface area contributed by atoms with Crippen LogP contribution in [0.5, 0.6) is 0 Å². The molecular formula is C26H23N5O2. The second-order valence-electron chi connectivity index (χ2n) is 7.39. The number of rotatable bonds is 6. The number of nitrogens with two attached hydrogens (primary N) is 1.